The minimum atomic E-state index is 0. The van der Waals surface area contributed by atoms with Crippen molar-refractivity contribution in [2.45, 2.75) is 128 Å². The van der Waals surface area contributed by atoms with E-state index in [1.165, 1.54) is 33.4 Å². The molecule has 6 atom stereocenters. The number of hydrogen-bond donors (Lipinski definition) is 0. The Morgan fingerprint density at radius 3 is 0.724 bits per heavy atom. The molecule has 0 aromatic heterocycles. The third-order valence-electron chi connectivity index (χ3n) is 10.4. The van der Waals surface area contributed by atoms with Crippen LogP contribution < -0.4 is 175 Å². The van der Waals surface area contributed by atoms with Gasteiger partial charge in [-0.2, -0.15) is 17.8 Å². The molecule has 0 amide bonds. The fourth-order valence-corrected chi connectivity index (χ4v) is 6.36. The predicted molar refractivity (Wildman–Crippen MR) is 304 cm³/mol. The quantitative estimate of drug-likeness (QED) is 0.0702. The van der Waals surface area contributed by atoms with Crippen molar-refractivity contribution < 1.29 is 269 Å². The van der Waals surface area contributed by atoms with E-state index in [1.807, 2.05) is 0 Å². The molecule has 0 heterocycles. The predicted octanol–water partition coefficient (Wildman–Crippen LogP) is 8.46. The molecule has 0 unspecified atom stereocenters. The van der Waals surface area contributed by atoms with Crippen LogP contribution in [0.15, 0.2) is 109 Å². The van der Waals surface area contributed by atoms with E-state index in [4.69, 9.17) is 0 Å². The SMILES string of the molecule is C.[CH2-][C@@H](C)/C=C/c1ccc(/C=C/[CH-][C@@H](C)CCCC(C)=O)cc1.[CH2-][C@H](C)/C=C/c1ccc(/C=C/[CH-][C@@H](C)CCCC(C)=O)cc1.[CH2-][C@H](C)/C=C/c1ccc(/C=C/[CH-][C@@H](C)CCCC(C)=O)cc1.[OH-].[OH-].[OH-].[Rb+].[Rb+].[Rb+].[W].[W].[W]. The van der Waals surface area contributed by atoms with Crippen molar-refractivity contribution in [3.63, 3.8) is 0 Å². The van der Waals surface area contributed by atoms with Gasteiger partial charge in [0.05, 0.1) is 0 Å². The molecular weight excluding hydrogens is 1670 g/mol. The van der Waals surface area contributed by atoms with E-state index in [1.54, 1.807) is 20.8 Å². The second kappa shape index (κ2) is 64.6. The van der Waals surface area contributed by atoms with Gasteiger partial charge in [0, 0.05) is 82.5 Å². The Hall–Kier alpha value is 2.08. The van der Waals surface area contributed by atoms with Gasteiger partial charge in [-0.25, -0.2) is 55.7 Å². The third-order valence-corrected chi connectivity index (χ3v) is 10.4. The van der Waals surface area contributed by atoms with Gasteiger partial charge in [0.2, 0.25) is 0 Å². The topological polar surface area (TPSA) is 141 Å². The van der Waals surface area contributed by atoms with Crippen LogP contribution in [0.4, 0.5) is 0 Å². The molecule has 12 heteroatoms. The summed E-state index contributed by atoms with van der Waals surface area (Å²) in [6.45, 7) is 29.6. The average molecular weight is 1760 g/mol. The van der Waals surface area contributed by atoms with E-state index in [2.05, 4.69) is 227 Å². The van der Waals surface area contributed by atoms with Gasteiger partial charge in [-0.3, -0.25) is 0 Å². The Bertz CT molecular complexity index is 1750. The van der Waals surface area contributed by atoms with Crippen molar-refractivity contribution in [1.82, 2.24) is 0 Å². The second-order valence-corrected chi connectivity index (χ2v) is 18.4. The summed E-state index contributed by atoms with van der Waals surface area (Å²) in [7, 11) is 0. The van der Waals surface area contributed by atoms with Crippen molar-refractivity contribution in [1.29, 1.82) is 0 Å². The first kappa shape index (κ1) is 100. The Labute approximate surface area is 655 Å². The number of allylic oxidation sites excluding steroid dienone is 6. The van der Waals surface area contributed by atoms with Crippen LogP contribution >= 0.6 is 0 Å². The van der Waals surface area contributed by atoms with E-state index < -0.39 is 0 Å². The zero-order valence-corrected chi connectivity index (χ0v) is 71.4. The van der Waals surface area contributed by atoms with Crippen LogP contribution in [0, 0.1) is 75.5 Å². The molecule has 0 bridgehead atoms. The molecule has 0 radical (unpaired) electrons. The summed E-state index contributed by atoms with van der Waals surface area (Å²) in [5.41, 5.74) is 7.21. The van der Waals surface area contributed by atoms with Gasteiger partial charge in [-0.1, -0.05) is 177 Å². The zero-order chi connectivity index (χ0) is 49.1. The monoisotopic (exact) mass is 1760 g/mol. The van der Waals surface area contributed by atoms with E-state index in [9.17, 15) is 14.4 Å². The first-order valence-electron chi connectivity index (χ1n) is 24.3. The Balaban J connectivity index is -0.000000101. The Kier molecular flexibility index (Phi) is 85.1. The van der Waals surface area contributed by atoms with Crippen LogP contribution in [0.2, 0.25) is 0 Å². The molecule has 3 aromatic carbocycles. The van der Waals surface area contributed by atoms with E-state index >= 15 is 0 Å². The molecule has 410 valence electrons. The summed E-state index contributed by atoms with van der Waals surface area (Å²) >= 11 is 0. The third kappa shape index (κ3) is 62.1. The molecule has 3 N–H and O–H groups in total. The van der Waals surface area contributed by atoms with Crippen molar-refractivity contribution in [3.8, 4) is 0 Å². The summed E-state index contributed by atoms with van der Waals surface area (Å²) in [6.07, 6.45) is 40.2. The molecule has 0 spiro atoms. The van der Waals surface area contributed by atoms with Crippen molar-refractivity contribution in [3.05, 3.63) is 183 Å². The average Bonchev–Trinajstić information content (AvgIpc) is 3.25. The largest absolute Gasteiger partial charge is 1.00 e. The summed E-state index contributed by atoms with van der Waals surface area (Å²) in [4.78, 5) is 32.7. The van der Waals surface area contributed by atoms with Gasteiger partial charge in [-0.05, 0) is 56.7 Å². The zero-order valence-electron chi connectivity index (χ0n) is 47.8. The van der Waals surface area contributed by atoms with Crippen molar-refractivity contribution in [2.24, 2.45) is 35.5 Å². The fourth-order valence-electron chi connectivity index (χ4n) is 6.36. The number of carbonyl (C=O) groups excluding carboxylic acids is 3. The number of carbonyl (C=O) groups is 3. The first-order valence-corrected chi connectivity index (χ1v) is 24.3. The Morgan fingerprint density at radius 1 is 0.395 bits per heavy atom. The van der Waals surface area contributed by atoms with Crippen molar-refractivity contribution >= 4 is 53.8 Å². The van der Waals surface area contributed by atoms with Crippen LogP contribution in [-0.2, 0) is 77.6 Å². The molecule has 3 aromatic rings. The van der Waals surface area contributed by atoms with Crippen LogP contribution in [-0.4, -0.2) is 33.8 Å². The number of ketones is 3. The van der Waals surface area contributed by atoms with Gasteiger partial charge in [0.1, 0.15) is 17.3 Å². The second-order valence-electron chi connectivity index (χ2n) is 18.4. The van der Waals surface area contributed by atoms with Gasteiger partial charge >= 0.3 is 175 Å². The smallest absolute Gasteiger partial charge is 0.870 e. The maximum absolute atomic E-state index is 10.9. The molecule has 0 aliphatic carbocycles. The summed E-state index contributed by atoms with van der Waals surface area (Å²) < 4.78 is 0. The molecule has 0 saturated carbocycles. The minimum Gasteiger partial charge on any atom is -0.870 e. The molecule has 0 aliphatic heterocycles. The molecule has 0 aliphatic rings. The Morgan fingerprint density at radius 2 is 0.566 bits per heavy atom. The number of rotatable bonds is 27. The van der Waals surface area contributed by atoms with Gasteiger partial charge in [0.15, 0.2) is 0 Å². The normalized spacial score (nSPS) is 12.5. The van der Waals surface area contributed by atoms with Crippen molar-refractivity contribution in [2.75, 3.05) is 0 Å². The first-order chi connectivity index (χ1) is 31.4. The summed E-state index contributed by atoms with van der Waals surface area (Å²) in [5, 5.41) is 0. The van der Waals surface area contributed by atoms with Gasteiger partial charge in [0.25, 0.3) is 0 Å². The standard InChI is InChI=1S/3C21H28O.CH4.3H2O.3Rb.3W/c3*1-17(2)11-12-21-15-13-20(14-16-21)10-6-8-18(3)7-5-9-19(4)22;;;;;;;;;;/h3*6,8,10-18H,1,5,7,9H2,2-4H3;1H4;3*1H2;;;;;;/q3*-2;;;;;3*+1;;;/p-3/b3*10-6+,12-11+;;;;;;;;;;/t2*17-,18+;17-,18-;;;;;;;;;;/m110........../s1. The van der Waals surface area contributed by atoms with Crippen LogP contribution in [0.1, 0.15) is 161 Å². The van der Waals surface area contributed by atoms with Gasteiger partial charge < -0.3 is 51.6 Å². The van der Waals surface area contributed by atoms with E-state index in [-0.39, 0.29) is 279 Å². The molecule has 0 fully saturated rings. The van der Waals surface area contributed by atoms with Gasteiger partial charge in [-0.15, -0.1) is 34.9 Å². The van der Waals surface area contributed by atoms with E-state index in [0.717, 1.165) is 38.5 Å². The number of Topliss-reactive ketones (excluding diaryl/α,β-unsaturated/α-hetero) is 3. The number of benzene rings is 3. The molecule has 3 rings (SSSR count). The molecule has 6 nitrogen and oxygen atoms in total. The fraction of sp³-hybridized carbons (Fsp3) is 0.391. The summed E-state index contributed by atoms with van der Waals surface area (Å²) in [5.74, 6) is 3.38. The maximum Gasteiger partial charge on any atom is 1.00 e. The molecule has 0 saturated heterocycles. The van der Waals surface area contributed by atoms with Crippen LogP contribution in [0.3, 0.4) is 0 Å². The summed E-state index contributed by atoms with van der Waals surface area (Å²) in [6, 6.07) is 25.5. The molecule has 76 heavy (non-hydrogen) atoms. The van der Waals surface area contributed by atoms with Crippen LogP contribution in [0.5, 0.6) is 0 Å². The van der Waals surface area contributed by atoms with E-state index in [0.29, 0.717) is 54.8 Å². The number of hydrogen-bond acceptors (Lipinski definition) is 6. The minimum absolute atomic E-state index is 0. The molecular formula is C64H91O6Rb3W3-6. The van der Waals surface area contributed by atoms with Crippen LogP contribution in [0.25, 0.3) is 36.5 Å². The maximum atomic E-state index is 10.9.